The third-order valence-electron chi connectivity index (χ3n) is 2.95. The summed E-state index contributed by atoms with van der Waals surface area (Å²) in [6, 6.07) is 6.65. The van der Waals surface area contributed by atoms with Gasteiger partial charge in [-0.25, -0.2) is 0 Å². The molecule has 1 aromatic rings. The van der Waals surface area contributed by atoms with Gasteiger partial charge in [-0.05, 0) is 56.0 Å². The zero-order chi connectivity index (χ0) is 13.4. The van der Waals surface area contributed by atoms with Gasteiger partial charge in [-0.15, -0.1) is 0 Å². The van der Waals surface area contributed by atoms with Crippen LogP contribution in [-0.2, 0) is 4.74 Å². The zero-order valence-electron chi connectivity index (χ0n) is 11.6. The Labute approximate surface area is 116 Å². The van der Waals surface area contributed by atoms with Crippen molar-refractivity contribution >= 4 is 11.6 Å². The first-order valence-corrected chi connectivity index (χ1v) is 7.04. The van der Waals surface area contributed by atoms with Gasteiger partial charge in [-0.1, -0.05) is 24.6 Å². The van der Waals surface area contributed by atoms with Gasteiger partial charge in [0.25, 0.3) is 0 Å². The summed E-state index contributed by atoms with van der Waals surface area (Å²) in [6.45, 7) is 6.11. The van der Waals surface area contributed by atoms with E-state index in [1.54, 1.807) is 7.11 Å². The third-order valence-corrected chi connectivity index (χ3v) is 3.17. The molecule has 1 unspecified atom stereocenters. The van der Waals surface area contributed by atoms with Crippen LogP contribution >= 0.6 is 11.6 Å². The molecule has 1 rings (SSSR count). The molecule has 0 saturated carbocycles. The number of hydrogen-bond acceptors (Lipinski definition) is 2. The highest BCUT2D eigenvalue weighted by Crippen LogP contribution is 2.23. The van der Waals surface area contributed by atoms with E-state index >= 15 is 0 Å². The summed E-state index contributed by atoms with van der Waals surface area (Å²) in [5.74, 6) is 0. The highest BCUT2D eigenvalue weighted by molar-refractivity contribution is 6.30. The summed E-state index contributed by atoms with van der Waals surface area (Å²) in [7, 11) is 1.75. The second kappa shape index (κ2) is 8.52. The molecule has 2 nitrogen and oxygen atoms in total. The number of ether oxygens (including phenoxy) is 1. The minimum Gasteiger partial charge on any atom is -0.385 e. The van der Waals surface area contributed by atoms with Crippen molar-refractivity contribution < 1.29 is 4.74 Å². The highest BCUT2D eigenvalue weighted by atomic mass is 35.5. The molecule has 0 amide bonds. The van der Waals surface area contributed by atoms with Gasteiger partial charge in [0.1, 0.15) is 0 Å². The summed E-state index contributed by atoms with van der Waals surface area (Å²) >= 11 is 6.14. The molecule has 3 heteroatoms. The molecule has 0 aliphatic heterocycles. The molecular weight excluding hydrogens is 246 g/mol. The van der Waals surface area contributed by atoms with Crippen LogP contribution in [0.5, 0.6) is 0 Å². The van der Waals surface area contributed by atoms with Gasteiger partial charge in [0.15, 0.2) is 0 Å². The van der Waals surface area contributed by atoms with Crippen molar-refractivity contribution in [3.05, 3.63) is 34.3 Å². The van der Waals surface area contributed by atoms with Gasteiger partial charge in [0.05, 0.1) is 0 Å². The molecule has 102 valence electrons. The van der Waals surface area contributed by atoms with E-state index in [2.05, 4.69) is 31.3 Å². The molecule has 0 aromatic heterocycles. The first-order chi connectivity index (χ1) is 8.67. The van der Waals surface area contributed by atoms with Crippen molar-refractivity contribution in [3.63, 3.8) is 0 Å². The van der Waals surface area contributed by atoms with E-state index in [1.807, 2.05) is 6.07 Å². The highest BCUT2D eigenvalue weighted by Gasteiger charge is 2.11. The topological polar surface area (TPSA) is 21.3 Å². The van der Waals surface area contributed by atoms with Crippen molar-refractivity contribution in [2.75, 3.05) is 20.3 Å². The van der Waals surface area contributed by atoms with E-state index in [-0.39, 0.29) is 0 Å². The summed E-state index contributed by atoms with van der Waals surface area (Å²) < 4.78 is 5.13. The normalized spacial score (nSPS) is 12.7. The minimum absolute atomic E-state index is 0.373. The van der Waals surface area contributed by atoms with Gasteiger partial charge >= 0.3 is 0 Å². The summed E-state index contributed by atoms with van der Waals surface area (Å²) in [5.41, 5.74) is 2.50. The minimum atomic E-state index is 0.373. The molecule has 0 bridgehead atoms. The molecule has 0 spiro atoms. The maximum absolute atomic E-state index is 6.14. The molecule has 0 fully saturated rings. The maximum atomic E-state index is 6.14. The van der Waals surface area contributed by atoms with Crippen LogP contribution < -0.4 is 5.32 Å². The molecular formula is C15H24ClNO. The Morgan fingerprint density at radius 3 is 2.72 bits per heavy atom. The predicted octanol–water partition coefficient (Wildman–Crippen LogP) is 4.12. The lowest BCUT2D eigenvalue weighted by atomic mass is 10.00. The smallest absolute Gasteiger partial charge is 0.0462 e. The fraction of sp³-hybridized carbons (Fsp3) is 0.600. The molecule has 0 aliphatic rings. The quantitative estimate of drug-likeness (QED) is 0.717. The van der Waals surface area contributed by atoms with E-state index in [0.29, 0.717) is 6.04 Å². The Balaban J connectivity index is 2.72. The molecule has 1 atom stereocenters. The maximum Gasteiger partial charge on any atom is 0.0462 e. The molecule has 18 heavy (non-hydrogen) atoms. The van der Waals surface area contributed by atoms with Crippen LogP contribution in [0.3, 0.4) is 0 Å². The Hall–Kier alpha value is -0.570. The molecule has 1 aromatic carbocycles. The fourth-order valence-electron chi connectivity index (χ4n) is 2.10. The van der Waals surface area contributed by atoms with Crippen molar-refractivity contribution in [1.82, 2.24) is 5.32 Å². The number of benzene rings is 1. The number of aryl methyl sites for hydroxylation is 1. The summed E-state index contributed by atoms with van der Waals surface area (Å²) in [5, 5.41) is 4.40. The molecule has 0 aliphatic carbocycles. The van der Waals surface area contributed by atoms with E-state index in [9.17, 15) is 0 Å². The van der Waals surface area contributed by atoms with Gasteiger partial charge in [0.2, 0.25) is 0 Å². The largest absolute Gasteiger partial charge is 0.385 e. The first kappa shape index (κ1) is 15.5. The Kier molecular flexibility index (Phi) is 7.33. The van der Waals surface area contributed by atoms with E-state index in [4.69, 9.17) is 16.3 Å². The lowest BCUT2D eigenvalue weighted by Gasteiger charge is -2.19. The Morgan fingerprint density at radius 1 is 1.33 bits per heavy atom. The second-order valence-corrected chi connectivity index (χ2v) is 5.14. The Morgan fingerprint density at radius 2 is 2.11 bits per heavy atom. The van der Waals surface area contributed by atoms with Crippen molar-refractivity contribution in [3.8, 4) is 0 Å². The molecule has 1 N–H and O–H groups in total. The van der Waals surface area contributed by atoms with Crippen LogP contribution in [0.2, 0.25) is 5.02 Å². The van der Waals surface area contributed by atoms with Crippen molar-refractivity contribution in [2.24, 2.45) is 0 Å². The fourth-order valence-corrected chi connectivity index (χ4v) is 2.40. The van der Waals surface area contributed by atoms with Crippen molar-refractivity contribution in [2.45, 2.75) is 39.2 Å². The number of hydrogen-bond donors (Lipinski definition) is 1. The average molecular weight is 270 g/mol. The molecule has 0 saturated heterocycles. The van der Waals surface area contributed by atoms with E-state index < -0.39 is 0 Å². The number of halogens is 1. The predicted molar refractivity (Wildman–Crippen MR) is 78.3 cm³/mol. The monoisotopic (exact) mass is 269 g/mol. The van der Waals surface area contributed by atoms with Crippen LogP contribution in [0.4, 0.5) is 0 Å². The van der Waals surface area contributed by atoms with E-state index in [0.717, 1.165) is 37.4 Å². The van der Waals surface area contributed by atoms with Crippen LogP contribution in [0.1, 0.15) is 43.4 Å². The van der Waals surface area contributed by atoms with Crippen LogP contribution in [0, 0.1) is 6.92 Å². The zero-order valence-corrected chi connectivity index (χ0v) is 12.4. The molecule has 0 heterocycles. The first-order valence-electron chi connectivity index (χ1n) is 6.66. The van der Waals surface area contributed by atoms with Crippen LogP contribution in [0.15, 0.2) is 18.2 Å². The number of rotatable bonds is 8. The summed E-state index contributed by atoms with van der Waals surface area (Å²) in [4.78, 5) is 0. The molecule has 0 radical (unpaired) electrons. The second-order valence-electron chi connectivity index (χ2n) is 4.70. The lowest BCUT2D eigenvalue weighted by Crippen LogP contribution is -2.22. The summed E-state index contributed by atoms with van der Waals surface area (Å²) in [6.07, 6.45) is 3.28. The number of nitrogens with one attached hydrogen (secondary N) is 1. The van der Waals surface area contributed by atoms with Gasteiger partial charge < -0.3 is 10.1 Å². The Bertz CT molecular complexity index is 334. The van der Waals surface area contributed by atoms with Gasteiger partial charge in [0, 0.05) is 24.8 Å². The average Bonchev–Trinajstić information content (AvgIpc) is 2.32. The van der Waals surface area contributed by atoms with Gasteiger partial charge in [-0.3, -0.25) is 0 Å². The SMILES string of the molecule is CCCNC(CCCOC)c1cc(C)cc(Cl)c1. The van der Waals surface area contributed by atoms with E-state index in [1.165, 1.54) is 11.1 Å². The van der Waals surface area contributed by atoms with Gasteiger partial charge in [-0.2, -0.15) is 0 Å². The van der Waals surface area contributed by atoms with Crippen LogP contribution in [0.25, 0.3) is 0 Å². The standard InChI is InChI=1S/C15H24ClNO/c1-4-7-17-15(6-5-8-18-3)13-9-12(2)10-14(16)11-13/h9-11,15,17H,4-8H2,1-3H3. The van der Waals surface area contributed by atoms with Crippen LogP contribution in [-0.4, -0.2) is 20.3 Å². The third kappa shape index (κ3) is 5.38. The lowest BCUT2D eigenvalue weighted by molar-refractivity contribution is 0.188. The number of methoxy groups -OCH3 is 1. The van der Waals surface area contributed by atoms with Crippen molar-refractivity contribution in [1.29, 1.82) is 0 Å².